The van der Waals surface area contributed by atoms with Gasteiger partial charge < -0.3 is 29.2 Å². The molecule has 0 saturated heterocycles. The number of ether oxygens (including phenoxy) is 3. The fourth-order valence-electron chi connectivity index (χ4n) is 9.01. The van der Waals surface area contributed by atoms with Crippen LogP contribution in [0.25, 0.3) is 11.2 Å². The largest absolute Gasteiger partial charge is 0.497 e. The molecule has 10 nitrogen and oxygen atoms in total. The van der Waals surface area contributed by atoms with E-state index in [1.165, 1.54) is 0 Å². The molecule has 310 valence electrons. The number of methoxy groups -OCH3 is 2. The Labute approximate surface area is 360 Å². The van der Waals surface area contributed by atoms with Gasteiger partial charge in [-0.1, -0.05) is 152 Å². The first-order valence-corrected chi connectivity index (χ1v) is 20.6. The van der Waals surface area contributed by atoms with Gasteiger partial charge in [0.25, 0.3) is 5.56 Å². The molecule has 3 atom stereocenters. The van der Waals surface area contributed by atoms with E-state index in [1.54, 1.807) is 20.5 Å². The van der Waals surface area contributed by atoms with Crippen LogP contribution >= 0.6 is 0 Å². The number of fused-ring (bicyclic) bond motifs is 1. The Morgan fingerprint density at radius 2 is 1.15 bits per heavy atom. The number of aliphatic hydroxyl groups excluding tert-OH is 1. The van der Waals surface area contributed by atoms with Gasteiger partial charge in [0.05, 0.1) is 39.3 Å². The smallest absolute Gasteiger partial charge is 0.280 e. The van der Waals surface area contributed by atoms with E-state index in [-0.39, 0.29) is 18.1 Å². The summed E-state index contributed by atoms with van der Waals surface area (Å²) in [4.78, 5) is 26.6. The molecule has 3 N–H and O–H groups in total. The van der Waals surface area contributed by atoms with Crippen molar-refractivity contribution in [3.8, 4) is 11.5 Å². The number of imidazole rings is 1. The van der Waals surface area contributed by atoms with Crippen LogP contribution in [0.15, 0.2) is 193 Å². The Kier molecular flexibility index (Phi) is 11.0. The Morgan fingerprint density at radius 1 is 0.694 bits per heavy atom. The number of aromatic nitrogens is 4. The lowest BCUT2D eigenvalue weighted by Gasteiger charge is -2.37. The molecule has 1 aliphatic carbocycles. The molecule has 6 aromatic carbocycles. The number of nitrogens with zero attached hydrogens (tertiary/aromatic N) is 3. The van der Waals surface area contributed by atoms with Gasteiger partial charge in [0.1, 0.15) is 22.6 Å². The summed E-state index contributed by atoms with van der Waals surface area (Å²) in [5.41, 5.74) is 4.41. The average Bonchev–Trinajstić information content (AvgIpc) is 3.88. The Morgan fingerprint density at radius 3 is 1.65 bits per heavy atom. The monoisotopic (exact) mass is 821 g/mol. The first kappa shape index (κ1) is 40.2. The topological polar surface area (TPSA) is 124 Å². The number of hydrogen-bond donors (Lipinski definition) is 3. The fraction of sp³-hybridized carbons (Fsp3) is 0.173. The van der Waals surface area contributed by atoms with Crippen molar-refractivity contribution in [2.24, 2.45) is 5.92 Å². The van der Waals surface area contributed by atoms with Gasteiger partial charge in [0.15, 0.2) is 11.2 Å². The van der Waals surface area contributed by atoms with Crippen molar-refractivity contribution in [1.82, 2.24) is 19.5 Å². The summed E-state index contributed by atoms with van der Waals surface area (Å²) in [5.74, 6) is 1.23. The molecule has 0 unspecified atom stereocenters. The van der Waals surface area contributed by atoms with Gasteiger partial charge in [-0.05, 0) is 69.6 Å². The van der Waals surface area contributed by atoms with Gasteiger partial charge in [0.2, 0.25) is 5.95 Å². The maximum atomic E-state index is 13.9. The van der Waals surface area contributed by atoms with E-state index in [2.05, 4.69) is 70.4 Å². The maximum absolute atomic E-state index is 13.9. The van der Waals surface area contributed by atoms with E-state index in [4.69, 9.17) is 19.2 Å². The van der Waals surface area contributed by atoms with Crippen molar-refractivity contribution in [3.05, 3.63) is 232 Å². The van der Waals surface area contributed by atoms with E-state index >= 15 is 0 Å². The summed E-state index contributed by atoms with van der Waals surface area (Å²) in [7, 11) is 3.29. The third-order valence-corrected chi connectivity index (χ3v) is 12.2. The number of rotatable bonds is 14. The number of aromatic amines is 1. The van der Waals surface area contributed by atoms with E-state index in [9.17, 15) is 9.90 Å². The number of hydrogen-bond acceptors (Lipinski definition) is 8. The minimum absolute atomic E-state index is 0.151. The van der Waals surface area contributed by atoms with E-state index in [1.807, 2.05) is 126 Å². The normalized spacial score (nSPS) is 16.6. The Balaban J connectivity index is 1.09. The summed E-state index contributed by atoms with van der Waals surface area (Å²) in [6.07, 6.45) is 1.14. The molecule has 10 heteroatoms. The van der Waals surface area contributed by atoms with Crippen molar-refractivity contribution in [1.29, 1.82) is 0 Å². The van der Waals surface area contributed by atoms with Gasteiger partial charge in [-0.15, -0.1) is 0 Å². The van der Waals surface area contributed by atoms with Crippen molar-refractivity contribution >= 4 is 17.1 Å². The highest BCUT2D eigenvalue weighted by atomic mass is 16.5. The van der Waals surface area contributed by atoms with Crippen LogP contribution in [-0.4, -0.2) is 51.6 Å². The second-order valence-electron chi connectivity index (χ2n) is 15.5. The predicted molar refractivity (Wildman–Crippen MR) is 242 cm³/mol. The summed E-state index contributed by atoms with van der Waals surface area (Å²) >= 11 is 0. The Hall–Kier alpha value is -7.27. The third kappa shape index (κ3) is 7.12. The zero-order valence-corrected chi connectivity index (χ0v) is 34.5. The second kappa shape index (κ2) is 17.0. The predicted octanol–water partition coefficient (Wildman–Crippen LogP) is 9.03. The lowest BCUT2D eigenvalue weighted by molar-refractivity contribution is -0.0223. The zero-order valence-electron chi connectivity index (χ0n) is 34.5. The molecule has 1 saturated carbocycles. The van der Waals surface area contributed by atoms with Crippen LogP contribution in [0.2, 0.25) is 0 Å². The van der Waals surface area contributed by atoms with Crippen LogP contribution in [0, 0.1) is 5.92 Å². The fourth-order valence-corrected chi connectivity index (χ4v) is 9.01. The molecule has 0 bridgehead atoms. The number of H-pyrrole nitrogens is 1. The number of aliphatic hydroxyl groups is 1. The van der Waals surface area contributed by atoms with Gasteiger partial charge in [-0.25, -0.2) is 4.98 Å². The zero-order chi connectivity index (χ0) is 42.7. The Bertz CT molecular complexity index is 2750. The summed E-state index contributed by atoms with van der Waals surface area (Å²) in [5, 5.41) is 15.5. The van der Waals surface area contributed by atoms with Crippen LogP contribution in [-0.2, 0) is 15.9 Å². The number of benzene rings is 6. The molecule has 0 spiro atoms. The molecule has 0 amide bonds. The molecule has 0 aliphatic heterocycles. The van der Waals surface area contributed by atoms with Gasteiger partial charge in [-0.2, -0.15) is 4.98 Å². The third-order valence-electron chi connectivity index (χ3n) is 12.2. The van der Waals surface area contributed by atoms with E-state index in [0.717, 1.165) is 50.5 Å². The van der Waals surface area contributed by atoms with Gasteiger partial charge >= 0.3 is 0 Å². The van der Waals surface area contributed by atoms with Gasteiger partial charge in [-0.3, -0.25) is 9.78 Å². The summed E-state index contributed by atoms with van der Waals surface area (Å²) < 4.78 is 20.1. The highest BCUT2D eigenvalue weighted by Crippen LogP contribution is 2.46. The maximum Gasteiger partial charge on any atom is 0.280 e. The molecule has 9 rings (SSSR count). The highest BCUT2D eigenvalue weighted by Gasteiger charge is 2.44. The summed E-state index contributed by atoms with van der Waals surface area (Å²) in [6, 6.07) is 55.7. The molecular formula is C52H47N5O5. The van der Waals surface area contributed by atoms with Crippen molar-refractivity contribution < 1.29 is 19.3 Å². The average molecular weight is 822 g/mol. The van der Waals surface area contributed by atoms with Crippen molar-refractivity contribution in [2.75, 3.05) is 26.1 Å². The van der Waals surface area contributed by atoms with Crippen molar-refractivity contribution in [2.45, 2.75) is 29.7 Å². The molecule has 62 heavy (non-hydrogen) atoms. The molecule has 1 fully saturated rings. The summed E-state index contributed by atoms with van der Waals surface area (Å²) in [6.45, 7) is 4.72. The van der Waals surface area contributed by atoms with E-state index < -0.39 is 34.8 Å². The first-order chi connectivity index (χ1) is 30.3. The number of nitrogens with one attached hydrogen (secondary N) is 2. The SMILES string of the molecule is C=C1[C@H](COC(c2ccccc2)(c2ccccc2)c2ccc(OC)cc2)[C@@H](O)C[C@@H]1n1cnc2c(=O)[nH]c(NC(c3ccccc3)(c3ccccc3)c3ccc(OC)cc3)nc21. The van der Waals surface area contributed by atoms with E-state index in [0.29, 0.717) is 12.1 Å². The molecule has 1 aliphatic rings. The van der Waals surface area contributed by atoms with Crippen LogP contribution in [0.5, 0.6) is 11.5 Å². The molecule has 0 radical (unpaired) electrons. The lowest BCUT2D eigenvalue weighted by atomic mass is 9.77. The highest BCUT2D eigenvalue weighted by molar-refractivity contribution is 5.72. The number of anilines is 1. The van der Waals surface area contributed by atoms with Crippen LogP contribution in [0.4, 0.5) is 5.95 Å². The quantitative estimate of drug-likeness (QED) is 0.0734. The molecule has 8 aromatic rings. The van der Waals surface area contributed by atoms with Crippen LogP contribution < -0.4 is 20.3 Å². The minimum atomic E-state index is -1.03. The lowest BCUT2D eigenvalue weighted by Crippen LogP contribution is -2.39. The molecule has 2 aromatic heterocycles. The molecule has 2 heterocycles. The minimum Gasteiger partial charge on any atom is -0.497 e. The first-order valence-electron chi connectivity index (χ1n) is 20.6. The van der Waals surface area contributed by atoms with Crippen LogP contribution in [0.3, 0.4) is 0 Å². The van der Waals surface area contributed by atoms with Gasteiger partial charge in [0, 0.05) is 5.92 Å². The second-order valence-corrected chi connectivity index (χ2v) is 15.5. The standard InChI is InChI=1S/C52H47N5O5/c1-35-44(33-62-52(39-20-12-6-13-21-39,40-22-14-7-15-23-40)41-26-30-43(61-3)31-27-41)46(58)32-45(35)57-34-53-47-48(57)54-50(55-49(47)59)56-51(36-16-8-4-9-17-36,37-18-10-5-11-19-37)38-24-28-42(60-2)29-25-38/h4-31,34,44-46,58H,1,32-33H2,2-3H3,(H2,54,55,56,59)/t44-,45-,46-/m0/s1. The van der Waals surface area contributed by atoms with Crippen molar-refractivity contribution in [3.63, 3.8) is 0 Å². The molecular weight excluding hydrogens is 775 g/mol. The van der Waals surface area contributed by atoms with Crippen LogP contribution in [0.1, 0.15) is 45.8 Å².